The van der Waals surface area contributed by atoms with Crippen LogP contribution in [0.5, 0.6) is 11.5 Å². The summed E-state index contributed by atoms with van der Waals surface area (Å²) < 4.78 is 15.3. The molecule has 1 aromatic rings. The fourth-order valence-corrected chi connectivity index (χ4v) is 5.88. The molecular formula is C21H22Cl2N2O7. The first kappa shape index (κ1) is 22.7. The van der Waals surface area contributed by atoms with Gasteiger partial charge in [-0.1, -0.05) is 0 Å². The molecule has 6 atom stereocenters. The molecule has 172 valence electrons. The molecule has 11 heteroatoms. The van der Waals surface area contributed by atoms with Crippen LogP contribution in [0.2, 0.25) is 0 Å². The summed E-state index contributed by atoms with van der Waals surface area (Å²) in [5, 5.41) is 1.82. The van der Waals surface area contributed by atoms with Gasteiger partial charge in [0, 0.05) is 6.07 Å². The SMILES string of the molecule is COc1ccc(OC)c(NC(=O)COC(=O)CN2C(=O)[C@@H]3[C@H]4C[C@@H]([C@H](Cl)[C@@H]4Cl)[C@@H]3C2=O)c1. The second kappa shape index (κ2) is 8.78. The fraction of sp³-hybridized carbons (Fsp3) is 0.524. The number of likely N-dealkylation sites (tertiary alicyclic amines) is 1. The summed E-state index contributed by atoms with van der Waals surface area (Å²) in [7, 11) is 2.93. The highest BCUT2D eigenvalue weighted by molar-refractivity contribution is 6.31. The number of alkyl halides is 2. The lowest BCUT2D eigenvalue weighted by molar-refractivity contribution is -0.154. The van der Waals surface area contributed by atoms with E-state index in [0.29, 0.717) is 23.6 Å². The van der Waals surface area contributed by atoms with Crippen molar-refractivity contribution in [3.8, 4) is 11.5 Å². The third-order valence-electron chi connectivity index (χ3n) is 6.41. The number of ether oxygens (including phenoxy) is 3. The van der Waals surface area contributed by atoms with Gasteiger partial charge in [-0.15, -0.1) is 23.2 Å². The predicted molar refractivity (Wildman–Crippen MR) is 114 cm³/mol. The summed E-state index contributed by atoms with van der Waals surface area (Å²) in [5.74, 6) is -2.86. The van der Waals surface area contributed by atoms with E-state index >= 15 is 0 Å². The van der Waals surface area contributed by atoms with Gasteiger partial charge in [0.25, 0.3) is 5.91 Å². The Morgan fingerprint density at radius 3 is 2.25 bits per heavy atom. The van der Waals surface area contributed by atoms with Crippen LogP contribution in [0, 0.1) is 23.7 Å². The second-order valence-electron chi connectivity index (χ2n) is 8.04. The average molecular weight is 485 g/mol. The third kappa shape index (κ3) is 3.77. The Balaban J connectivity index is 1.33. The number of esters is 1. The van der Waals surface area contributed by atoms with E-state index in [-0.39, 0.29) is 22.6 Å². The normalized spacial score (nSPS) is 30.3. The van der Waals surface area contributed by atoms with Gasteiger partial charge in [0.2, 0.25) is 11.8 Å². The van der Waals surface area contributed by atoms with Gasteiger partial charge in [0.15, 0.2) is 6.61 Å². The fourth-order valence-electron chi connectivity index (χ4n) is 4.99. The van der Waals surface area contributed by atoms with Crippen LogP contribution >= 0.6 is 23.2 Å². The highest BCUT2D eigenvalue weighted by Crippen LogP contribution is 2.59. The number of methoxy groups -OCH3 is 2. The number of benzene rings is 1. The lowest BCUT2D eigenvalue weighted by Gasteiger charge is -2.28. The molecule has 32 heavy (non-hydrogen) atoms. The second-order valence-corrected chi connectivity index (χ2v) is 9.05. The molecule has 1 aromatic carbocycles. The van der Waals surface area contributed by atoms with Gasteiger partial charge in [0.1, 0.15) is 18.0 Å². The molecule has 3 aliphatic rings. The summed E-state index contributed by atoms with van der Waals surface area (Å²) in [4.78, 5) is 50.9. The molecule has 2 aliphatic carbocycles. The van der Waals surface area contributed by atoms with E-state index in [2.05, 4.69) is 5.32 Å². The van der Waals surface area contributed by atoms with Crippen LogP contribution in [0.3, 0.4) is 0 Å². The molecule has 0 aromatic heterocycles. The zero-order valence-electron chi connectivity index (χ0n) is 17.4. The zero-order valence-corrected chi connectivity index (χ0v) is 18.9. The highest BCUT2D eigenvalue weighted by atomic mass is 35.5. The van der Waals surface area contributed by atoms with Crippen LogP contribution in [-0.2, 0) is 23.9 Å². The first-order chi connectivity index (χ1) is 15.3. The van der Waals surface area contributed by atoms with Crippen molar-refractivity contribution in [1.82, 2.24) is 4.90 Å². The first-order valence-electron chi connectivity index (χ1n) is 10.1. The number of anilines is 1. The molecule has 3 amide bonds. The quantitative estimate of drug-likeness (QED) is 0.355. The molecule has 1 heterocycles. The smallest absolute Gasteiger partial charge is 0.326 e. The molecule has 0 unspecified atom stereocenters. The highest BCUT2D eigenvalue weighted by Gasteiger charge is 2.66. The van der Waals surface area contributed by atoms with Crippen LogP contribution in [0.25, 0.3) is 0 Å². The molecule has 4 rings (SSSR count). The van der Waals surface area contributed by atoms with Crippen molar-refractivity contribution in [2.75, 3.05) is 32.7 Å². The van der Waals surface area contributed by atoms with E-state index < -0.39 is 48.7 Å². The summed E-state index contributed by atoms with van der Waals surface area (Å²) >= 11 is 12.6. The molecule has 1 aliphatic heterocycles. The van der Waals surface area contributed by atoms with Crippen LogP contribution in [0.1, 0.15) is 6.42 Å². The van der Waals surface area contributed by atoms with Crippen LogP contribution in [0.4, 0.5) is 5.69 Å². The molecule has 2 bridgehead atoms. The number of halogens is 2. The van der Waals surface area contributed by atoms with E-state index in [1.807, 2.05) is 0 Å². The lowest BCUT2D eigenvalue weighted by Crippen LogP contribution is -2.38. The van der Waals surface area contributed by atoms with Crippen molar-refractivity contribution in [3.05, 3.63) is 18.2 Å². The van der Waals surface area contributed by atoms with Crippen molar-refractivity contribution in [2.45, 2.75) is 17.2 Å². The summed E-state index contributed by atoms with van der Waals surface area (Å²) in [5.41, 5.74) is 0.340. The van der Waals surface area contributed by atoms with E-state index in [1.54, 1.807) is 18.2 Å². The maximum Gasteiger partial charge on any atom is 0.326 e. The van der Waals surface area contributed by atoms with Gasteiger partial charge in [-0.3, -0.25) is 24.1 Å². The first-order valence-corrected chi connectivity index (χ1v) is 10.9. The molecule has 1 N–H and O–H groups in total. The standard InChI is InChI=1S/C21H22Cl2N2O7/c1-30-9-3-4-13(31-2)12(5-9)24-14(26)8-32-15(27)7-25-20(28)16-10-6-11(17(16)21(25)29)19(23)18(10)22/h3-5,10-11,16-19H,6-8H2,1-2H3,(H,24,26)/t10-,11-,16-,17+,18-,19+/m1/s1. The molecule has 0 spiro atoms. The number of imide groups is 1. The number of carbonyl (C=O) groups excluding carboxylic acids is 4. The Kier molecular flexibility index (Phi) is 6.22. The van der Waals surface area contributed by atoms with Gasteiger partial charge < -0.3 is 19.5 Å². The van der Waals surface area contributed by atoms with Gasteiger partial charge in [0.05, 0.1) is 42.5 Å². The number of nitrogens with zero attached hydrogens (tertiary/aromatic N) is 1. The van der Waals surface area contributed by atoms with E-state index in [0.717, 1.165) is 4.90 Å². The van der Waals surface area contributed by atoms with Gasteiger partial charge in [-0.25, -0.2) is 0 Å². The maximum absolute atomic E-state index is 12.8. The lowest BCUT2D eigenvalue weighted by atomic mass is 9.80. The predicted octanol–water partition coefficient (Wildman–Crippen LogP) is 1.65. The Bertz CT molecular complexity index is 939. The Morgan fingerprint density at radius 2 is 1.69 bits per heavy atom. The number of fused-ring (bicyclic) bond motifs is 5. The average Bonchev–Trinajstić information content (AvgIpc) is 3.38. The Morgan fingerprint density at radius 1 is 1.06 bits per heavy atom. The van der Waals surface area contributed by atoms with Crippen molar-refractivity contribution < 1.29 is 33.4 Å². The number of rotatable bonds is 7. The number of carbonyl (C=O) groups is 4. The number of amides is 3. The van der Waals surface area contributed by atoms with Gasteiger partial charge in [-0.2, -0.15) is 0 Å². The van der Waals surface area contributed by atoms with Crippen LogP contribution in [-0.4, -0.2) is 66.7 Å². The molecule has 9 nitrogen and oxygen atoms in total. The largest absolute Gasteiger partial charge is 0.497 e. The van der Waals surface area contributed by atoms with E-state index in [4.69, 9.17) is 37.4 Å². The monoisotopic (exact) mass is 484 g/mol. The van der Waals surface area contributed by atoms with Gasteiger partial charge >= 0.3 is 5.97 Å². The van der Waals surface area contributed by atoms with Crippen LogP contribution in [0.15, 0.2) is 18.2 Å². The van der Waals surface area contributed by atoms with E-state index in [1.165, 1.54) is 14.2 Å². The number of hydrogen-bond donors (Lipinski definition) is 1. The molecule has 1 saturated heterocycles. The molecule has 3 fully saturated rings. The topological polar surface area (TPSA) is 111 Å². The molecular weight excluding hydrogens is 463 g/mol. The minimum absolute atomic E-state index is 0.171. The Labute approximate surface area is 194 Å². The van der Waals surface area contributed by atoms with Crippen molar-refractivity contribution in [2.24, 2.45) is 23.7 Å². The summed E-state index contributed by atoms with van der Waals surface area (Å²) in [6.07, 6.45) is 0.640. The minimum Gasteiger partial charge on any atom is -0.497 e. The molecule has 2 saturated carbocycles. The minimum atomic E-state index is -0.864. The zero-order chi connectivity index (χ0) is 23.2. The summed E-state index contributed by atoms with van der Waals surface area (Å²) in [6.45, 7) is -1.15. The Hall–Kier alpha value is -2.52. The van der Waals surface area contributed by atoms with Crippen molar-refractivity contribution in [3.63, 3.8) is 0 Å². The number of nitrogens with one attached hydrogen (secondary N) is 1. The van der Waals surface area contributed by atoms with Crippen molar-refractivity contribution >= 4 is 52.6 Å². The number of hydrogen-bond acceptors (Lipinski definition) is 7. The van der Waals surface area contributed by atoms with Crippen LogP contribution < -0.4 is 14.8 Å². The summed E-state index contributed by atoms with van der Waals surface area (Å²) in [6, 6.07) is 4.84. The van der Waals surface area contributed by atoms with Crippen molar-refractivity contribution in [1.29, 1.82) is 0 Å². The van der Waals surface area contributed by atoms with E-state index in [9.17, 15) is 19.2 Å². The van der Waals surface area contributed by atoms with Gasteiger partial charge in [-0.05, 0) is 30.4 Å². The third-order valence-corrected chi connectivity index (χ3v) is 7.73. The maximum atomic E-state index is 12.8. The molecule has 0 radical (unpaired) electrons.